The summed E-state index contributed by atoms with van der Waals surface area (Å²) in [5.74, 6) is 0.850. The average molecular weight is 271 g/mol. The van der Waals surface area contributed by atoms with Crippen LogP contribution in [-0.2, 0) is 0 Å². The quantitative estimate of drug-likeness (QED) is 0.796. The van der Waals surface area contributed by atoms with E-state index >= 15 is 0 Å². The van der Waals surface area contributed by atoms with E-state index in [0.29, 0.717) is 10.4 Å². The van der Waals surface area contributed by atoms with Crippen molar-refractivity contribution in [1.82, 2.24) is 10.2 Å². The summed E-state index contributed by atoms with van der Waals surface area (Å²) in [6.45, 7) is 6.45. The highest BCUT2D eigenvalue weighted by Gasteiger charge is 2.21. The molecule has 0 amide bonds. The molecule has 2 nitrogen and oxygen atoms in total. The largest absolute Gasteiger partial charge is 0.154 e. The highest BCUT2D eigenvalue weighted by molar-refractivity contribution is 7.99. The number of hydrogen-bond donors (Lipinski definition) is 0. The van der Waals surface area contributed by atoms with Crippen LogP contribution in [0.4, 0.5) is 0 Å². The van der Waals surface area contributed by atoms with E-state index in [2.05, 4.69) is 24.0 Å². The summed E-state index contributed by atoms with van der Waals surface area (Å²) >= 11 is 7.85. The average Bonchev–Trinajstić information content (AvgIpc) is 2.30. The minimum absolute atomic E-state index is 0.531. The molecular weight excluding hydrogens is 252 g/mol. The van der Waals surface area contributed by atoms with E-state index in [4.69, 9.17) is 11.6 Å². The Hall–Kier alpha value is -0.280. The van der Waals surface area contributed by atoms with Gasteiger partial charge in [0, 0.05) is 5.25 Å². The van der Waals surface area contributed by atoms with Gasteiger partial charge in [-0.1, -0.05) is 31.4 Å². The summed E-state index contributed by atoms with van der Waals surface area (Å²) in [4.78, 5) is 0. The molecule has 0 aromatic carbocycles. The Balaban J connectivity index is 2.10. The van der Waals surface area contributed by atoms with Crippen LogP contribution >= 0.6 is 23.4 Å². The lowest BCUT2D eigenvalue weighted by Crippen LogP contribution is -2.15. The molecule has 0 saturated heterocycles. The molecule has 2 atom stereocenters. The zero-order valence-electron chi connectivity index (χ0n) is 10.7. The standard InChI is InChI=1S/C13H19ClN2S/c1-8-5-4-6-11(7-8)17-13-10(3)9(2)12(14)15-16-13/h8,11H,4-7H2,1-3H3. The Morgan fingerprint density at radius 3 is 2.65 bits per heavy atom. The molecule has 0 aliphatic heterocycles. The first-order valence-corrected chi connectivity index (χ1v) is 7.49. The van der Waals surface area contributed by atoms with Crippen molar-refractivity contribution >= 4 is 23.4 Å². The second kappa shape index (κ2) is 5.57. The van der Waals surface area contributed by atoms with Gasteiger partial charge in [0.2, 0.25) is 0 Å². The van der Waals surface area contributed by atoms with Gasteiger partial charge < -0.3 is 0 Å². The second-order valence-electron chi connectivity index (χ2n) is 5.06. The number of nitrogens with zero attached hydrogens (tertiary/aromatic N) is 2. The summed E-state index contributed by atoms with van der Waals surface area (Å²) in [6, 6.07) is 0. The molecule has 1 heterocycles. The monoisotopic (exact) mass is 270 g/mol. The Morgan fingerprint density at radius 1 is 1.18 bits per heavy atom. The number of rotatable bonds is 2. The molecule has 0 N–H and O–H groups in total. The van der Waals surface area contributed by atoms with Gasteiger partial charge in [-0.15, -0.1) is 22.0 Å². The summed E-state index contributed by atoms with van der Waals surface area (Å²) < 4.78 is 0. The first-order chi connectivity index (χ1) is 8.08. The molecule has 17 heavy (non-hydrogen) atoms. The Bertz CT molecular complexity index is 409. The smallest absolute Gasteiger partial charge is 0.142 e. The molecule has 4 heteroatoms. The molecule has 1 aliphatic rings. The van der Waals surface area contributed by atoms with Crippen LogP contribution < -0.4 is 0 Å². The fourth-order valence-electron chi connectivity index (χ4n) is 2.31. The van der Waals surface area contributed by atoms with E-state index in [1.54, 1.807) is 0 Å². The predicted molar refractivity (Wildman–Crippen MR) is 73.8 cm³/mol. The van der Waals surface area contributed by atoms with Gasteiger partial charge in [0.1, 0.15) is 5.03 Å². The minimum atomic E-state index is 0.531. The minimum Gasteiger partial charge on any atom is -0.142 e. The first-order valence-electron chi connectivity index (χ1n) is 6.24. The summed E-state index contributed by atoms with van der Waals surface area (Å²) in [7, 11) is 0. The number of thioether (sulfide) groups is 1. The molecule has 94 valence electrons. The summed E-state index contributed by atoms with van der Waals surface area (Å²) in [5, 5.41) is 10.6. The van der Waals surface area contributed by atoms with Crippen LogP contribution in [0.2, 0.25) is 5.15 Å². The van der Waals surface area contributed by atoms with Crippen molar-refractivity contribution in [2.75, 3.05) is 0 Å². The van der Waals surface area contributed by atoms with Crippen molar-refractivity contribution in [3.8, 4) is 0 Å². The fourth-order valence-corrected chi connectivity index (χ4v) is 3.93. The number of halogens is 1. The van der Waals surface area contributed by atoms with Crippen molar-refractivity contribution in [2.24, 2.45) is 5.92 Å². The van der Waals surface area contributed by atoms with Gasteiger partial charge in [-0.05, 0) is 43.7 Å². The van der Waals surface area contributed by atoms with Crippen LogP contribution in [0.3, 0.4) is 0 Å². The lowest BCUT2D eigenvalue weighted by Gasteiger charge is -2.26. The van der Waals surface area contributed by atoms with Gasteiger partial charge in [-0.3, -0.25) is 0 Å². The third kappa shape index (κ3) is 3.14. The molecule has 2 unspecified atom stereocenters. The predicted octanol–water partition coefficient (Wildman–Crippen LogP) is 4.42. The lowest BCUT2D eigenvalue weighted by atomic mass is 9.91. The van der Waals surface area contributed by atoms with Crippen LogP contribution in [0.1, 0.15) is 43.7 Å². The van der Waals surface area contributed by atoms with E-state index in [9.17, 15) is 0 Å². The highest BCUT2D eigenvalue weighted by atomic mass is 35.5. The van der Waals surface area contributed by atoms with Crippen LogP contribution in [-0.4, -0.2) is 15.4 Å². The molecule has 0 bridgehead atoms. The first kappa shape index (κ1) is 13.2. The third-order valence-electron chi connectivity index (χ3n) is 3.59. The Morgan fingerprint density at radius 2 is 1.94 bits per heavy atom. The summed E-state index contributed by atoms with van der Waals surface area (Å²) in [5.41, 5.74) is 2.25. The molecule has 1 fully saturated rings. The molecule has 1 aromatic heterocycles. The van der Waals surface area contributed by atoms with Crippen molar-refractivity contribution < 1.29 is 0 Å². The van der Waals surface area contributed by atoms with E-state index in [1.807, 2.05) is 18.7 Å². The van der Waals surface area contributed by atoms with E-state index in [1.165, 1.54) is 31.2 Å². The topological polar surface area (TPSA) is 25.8 Å². The van der Waals surface area contributed by atoms with Gasteiger partial charge in [0.05, 0.1) is 0 Å². The van der Waals surface area contributed by atoms with E-state index in [-0.39, 0.29) is 0 Å². The van der Waals surface area contributed by atoms with Gasteiger partial charge in [0.25, 0.3) is 0 Å². The molecule has 1 aliphatic carbocycles. The molecule has 1 aromatic rings. The zero-order valence-corrected chi connectivity index (χ0v) is 12.2. The molecule has 0 spiro atoms. The van der Waals surface area contributed by atoms with E-state index < -0.39 is 0 Å². The third-order valence-corrected chi connectivity index (χ3v) is 5.32. The second-order valence-corrected chi connectivity index (χ2v) is 6.70. The maximum absolute atomic E-state index is 5.97. The van der Waals surface area contributed by atoms with Crippen LogP contribution in [0.15, 0.2) is 5.03 Å². The molecule has 2 rings (SSSR count). The molecule has 0 radical (unpaired) electrons. The SMILES string of the molecule is Cc1c(Cl)nnc(SC2CCCC(C)C2)c1C. The Labute approximate surface area is 113 Å². The van der Waals surface area contributed by atoms with Gasteiger partial charge in [-0.2, -0.15) is 0 Å². The van der Waals surface area contributed by atoms with Crippen molar-refractivity contribution in [3.63, 3.8) is 0 Å². The lowest BCUT2D eigenvalue weighted by molar-refractivity contribution is 0.394. The maximum atomic E-state index is 5.97. The maximum Gasteiger partial charge on any atom is 0.154 e. The van der Waals surface area contributed by atoms with Gasteiger partial charge >= 0.3 is 0 Å². The van der Waals surface area contributed by atoms with Crippen molar-refractivity contribution in [2.45, 2.75) is 56.7 Å². The number of hydrogen-bond acceptors (Lipinski definition) is 3. The van der Waals surface area contributed by atoms with E-state index in [0.717, 1.165) is 16.5 Å². The Kier molecular flexibility index (Phi) is 4.31. The van der Waals surface area contributed by atoms with Crippen LogP contribution in [0.25, 0.3) is 0 Å². The van der Waals surface area contributed by atoms with Crippen molar-refractivity contribution in [1.29, 1.82) is 0 Å². The summed E-state index contributed by atoms with van der Waals surface area (Å²) in [6.07, 6.45) is 5.32. The van der Waals surface area contributed by atoms with Crippen LogP contribution in [0.5, 0.6) is 0 Å². The van der Waals surface area contributed by atoms with Crippen LogP contribution in [0, 0.1) is 19.8 Å². The number of aromatic nitrogens is 2. The van der Waals surface area contributed by atoms with Gasteiger partial charge in [0.15, 0.2) is 5.15 Å². The van der Waals surface area contributed by atoms with Gasteiger partial charge in [-0.25, -0.2) is 0 Å². The molecular formula is C13H19ClN2S. The van der Waals surface area contributed by atoms with Crippen molar-refractivity contribution in [3.05, 3.63) is 16.3 Å². The normalized spacial score (nSPS) is 24.9. The highest BCUT2D eigenvalue weighted by Crippen LogP contribution is 2.37. The fraction of sp³-hybridized carbons (Fsp3) is 0.692. The zero-order chi connectivity index (χ0) is 12.4. The molecule has 1 saturated carbocycles.